The molecule has 20 heavy (non-hydrogen) atoms. The van der Waals surface area contributed by atoms with Crippen LogP contribution in [0.25, 0.3) is 0 Å². The maximum absolute atomic E-state index is 13.0. The zero-order valence-corrected chi connectivity index (χ0v) is 11.0. The van der Waals surface area contributed by atoms with E-state index in [0.29, 0.717) is 6.54 Å². The number of nitrogens with zero attached hydrogens (tertiary/aromatic N) is 2. The van der Waals surface area contributed by atoms with E-state index in [4.69, 9.17) is 0 Å². The summed E-state index contributed by atoms with van der Waals surface area (Å²) in [5, 5.41) is 13.6. The molecule has 0 aromatic heterocycles. The zero-order chi connectivity index (χ0) is 14.5. The molecule has 1 heterocycles. The summed E-state index contributed by atoms with van der Waals surface area (Å²) in [5.74, 6) is -0.616. The van der Waals surface area contributed by atoms with Gasteiger partial charge in [-0.15, -0.1) is 0 Å². The topological polar surface area (TPSA) is 75.5 Å². The second-order valence-corrected chi connectivity index (χ2v) is 4.68. The van der Waals surface area contributed by atoms with Crippen molar-refractivity contribution in [3.8, 4) is 0 Å². The Bertz CT molecular complexity index is 516. The minimum Gasteiger partial charge on any atom is -0.379 e. The summed E-state index contributed by atoms with van der Waals surface area (Å²) in [4.78, 5) is 23.8. The van der Waals surface area contributed by atoms with Crippen LogP contribution in [0.1, 0.15) is 19.3 Å². The number of nitrogens with one attached hydrogen (secondary N) is 1. The molecule has 0 unspecified atom stereocenters. The van der Waals surface area contributed by atoms with Crippen LogP contribution in [-0.2, 0) is 4.79 Å². The minimum absolute atomic E-state index is 0.0414. The number of halogens is 1. The summed E-state index contributed by atoms with van der Waals surface area (Å²) < 4.78 is 13.0. The van der Waals surface area contributed by atoms with E-state index in [1.165, 1.54) is 6.07 Å². The van der Waals surface area contributed by atoms with Gasteiger partial charge >= 0.3 is 0 Å². The largest absolute Gasteiger partial charge is 0.379 e. The summed E-state index contributed by atoms with van der Waals surface area (Å²) in [7, 11) is 0. The second kappa shape index (κ2) is 6.31. The molecular weight excluding hydrogens is 265 g/mol. The average Bonchev–Trinajstić information content (AvgIpc) is 2.94. The maximum atomic E-state index is 13.0. The molecule has 1 aromatic carbocycles. The Hall–Kier alpha value is -2.18. The van der Waals surface area contributed by atoms with Crippen molar-refractivity contribution in [1.82, 2.24) is 4.90 Å². The predicted molar refractivity (Wildman–Crippen MR) is 72.0 cm³/mol. The minimum atomic E-state index is -0.657. The normalized spacial score (nSPS) is 14.3. The van der Waals surface area contributed by atoms with Crippen LogP contribution in [0.3, 0.4) is 0 Å². The number of hydrogen-bond donors (Lipinski definition) is 1. The van der Waals surface area contributed by atoms with E-state index in [2.05, 4.69) is 5.32 Å². The number of nitro benzene ring substituents is 1. The highest BCUT2D eigenvalue weighted by Gasteiger charge is 2.18. The van der Waals surface area contributed by atoms with E-state index in [-0.39, 0.29) is 23.7 Å². The van der Waals surface area contributed by atoms with Gasteiger partial charge in [0.25, 0.3) is 5.69 Å². The van der Waals surface area contributed by atoms with Crippen molar-refractivity contribution in [2.24, 2.45) is 0 Å². The van der Waals surface area contributed by atoms with Gasteiger partial charge < -0.3 is 10.2 Å². The Balaban J connectivity index is 1.90. The molecule has 7 heteroatoms. The number of anilines is 1. The van der Waals surface area contributed by atoms with E-state index in [1.54, 1.807) is 4.90 Å². The lowest BCUT2D eigenvalue weighted by Crippen LogP contribution is -2.29. The summed E-state index contributed by atoms with van der Waals surface area (Å²) >= 11 is 0. The Morgan fingerprint density at radius 2 is 2.10 bits per heavy atom. The standard InChI is InChI=1S/C13H16FN3O3/c14-10-3-4-11(12(9-10)17(19)20)15-6-5-13(18)16-7-1-2-8-16/h3-4,9,15H,1-2,5-8H2. The van der Waals surface area contributed by atoms with Crippen molar-refractivity contribution in [2.75, 3.05) is 25.0 Å². The van der Waals surface area contributed by atoms with E-state index in [0.717, 1.165) is 38.1 Å². The fraction of sp³-hybridized carbons (Fsp3) is 0.462. The van der Waals surface area contributed by atoms with Crippen LogP contribution in [0, 0.1) is 15.9 Å². The zero-order valence-electron chi connectivity index (χ0n) is 11.0. The maximum Gasteiger partial charge on any atom is 0.295 e. The number of benzene rings is 1. The summed E-state index contributed by atoms with van der Waals surface area (Å²) in [6.45, 7) is 1.87. The van der Waals surface area contributed by atoms with Gasteiger partial charge in [-0.05, 0) is 25.0 Å². The highest BCUT2D eigenvalue weighted by Crippen LogP contribution is 2.24. The Kier molecular flexibility index (Phi) is 4.49. The van der Waals surface area contributed by atoms with Crippen LogP contribution in [0.5, 0.6) is 0 Å². The van der Waals surface area contributed by atoms with Gasteiger partial charge in [-0.3, -0.25) is 14.9 Å². The molecule has 1 aliphatic heterocycles. The van der Waals surface area contributed by atoms with Gasteiger partial charge in [0.2, 0.25) is 5.91 Å². The molecule has 0 bridgehead atoms. The first kappa shape index (κ1) is 14.2. The first-order chi connectivity index (χ1) is 9.58. The fourth-order valence-corrected chi connectivity index (χ4v) is 2.23. The highest BCUT2D eigenvalue weighted by atomic mass is 19.1. The molecule has 1 amide bonds. The van der Waals surface area contributed by atoms with Crippen LogP contribution in [0.2, 0.25) is 0 Å². The molecule has 0 atom stereocenters. The Morgan fingerprint density at radius 3 is 2.75 bits per heavy atom. The lowest BCUT2D eigenvalue weighted by Gasteiger charge is -2.15. The van der Waals surface area contributed by atoms with Gasteiger partial charge in [0.05, 0.1) is 11.0 Å². The number of rotatable bonds is 5. The third-order valence-electron chi connectivity index (χ3n) is 3.27. The molecule has 0 aliphatic carbocycles. The number of amides is 1. The van der Waals surface area contributed by atoms with Crippen molar-refractivity contribution >= 4 is 17.3 Å². The van der Waals surface area contributed by atoms with Crippen molar-refractivity contribution in [1.29, 1.82) is 0 Å². The summed E-state index contributed by atoms with van der Waals surface area (Å²) in [6, 6.07) is 3.33. The Morgan fingerprint density at radius 1 is 1.40 bits per heavy atom. The van der Waals surface area contributed by atoms with Crippen LogP contribution < -0.4 is 5.32 Å². The number of likely N-dealkylation sites (tertiary alicyclic amines) is 1. The molecule has 1 fully saturated rings. The quantitative estimate of drug-likeness (QED) is 0.663. The van der Waals surface area contributed by atoms with Gasteiger partial charge in [0.15, 0.2) is 0 Å². The van der Waals surface area contributed by atoms with E-state index in [9.17, 15) is 19.3 Å². The molecular formula is C13H16FN3O3. The molecule has 1 aliphatic rings. The van der Waals surface area contributed by atoms with Crippen LogP contribution >= 0.6 is 0 Å². The first-order valence-corrected chi connectivity index (χ1v) is 6.53. The van der Waals surface area contributed by atoms with E-state index >= 15 is 0 Å². The number of nitro groups is 1. The van der Waals surface area contributed by atoms with Gasteiger partial charge in [-0.2, -0.15) is 0 Å². The van der Waals surface area contributed by atoms with Crippen molar-refractivity contribution < 1.29 is 14.1 Å². The molecule has 108 valence electrons. The summed E-state index contributed by atoms with van der Waals surface area (Å²) in [5.41, 5.74) is -0.0933. The van der Waals surface area contributed by atoms with Crippen molar-refractivity contribution in [3.05, 3.63) is 34.1 Å². The van der Waals surface area contributed by atoms with Crippen molar-refractivity contribution in [3.63, 3.8) is 0 Å². The average molecular weight is 281 g/mol. The lowest BCUT2D eigenvalue weighted by molar-refractivity contribution is -0.384. The SMILES string of the molecule is O=C(CCNc1ccc(F)cc1[N+](=O)[O-])N1CCCC1. The van der Waals surface area contributed by atoms with Gasteiger partial charge in [-0.1, -0.05) is 0 Å². The molecule has 1 N–H and O–H groups in total. The third-order valence-corrected chi connectivity index (χ3v) is 3.27. The van der Waals surface area contributed by atoms with Crippen LogP contribution in [0.15, 0.2) is 18.2 Å². The van der Waals surface area contributed by atoms with Crippen LogP contribution in [0.4, 0.5) is 15.8 Å². The smallest absolute Gasteiger partial charge is 0.295 e. The van der Waals surface area contributed by atoms with Crippen LogP contribution in [-0.4, -0.2) is 35.4 Å². The second-order valence-electron chi connectivity index (χ2n) is 4.68. The molecule has 0 saturated carbocycles. The Labute approximate surface area is 115 Å². The van der Waals surface area contributed by atoms with Gasteiger partial charge in [0.1, 0.15) is 11.5 Å². The van der Waals surface area contributed by atoms with Gasteiger partial charge in [-0.25, -0.2) is 4.39 Å². The summed E-state index contributed by atoms with van der Waals surface area (Å²) in [6.07, 6.45) is 2.33. The number of carbonyl (C=O) groups is 1. The lowest BCUT2D eigenvalue weighted by atomic mass is 10.2. The van der Waals surface area contributed by atoms with Crippen molar-refractivity contribution in [2.45, 2.75) is 19.3 Å². The molecule has 0 radical (unpaired) electrons. The van der Waals surface area contributed by atoms with E-state index in [1.807, 2.05) is 0 Å². The van der Waals surface area contributed by atoms with Gasteiger partial charge in [0, 0.05) is 26.1 Å². The molecule has 6 nitrogen and oxygen atoms in total. The number of hydrogen-bond acceptors (Lipinski definition) is 4. The monoisotopic (exact) mass is 281 g/mol. The first-order valence-electron chi connectivity index (χ1n) is 6.53. The molecule has 1 saturated heterocycles. The molecule has 2 rings (SSSR count). The molecule has 0 spiro atoms. The highest BCUT2D eigenvalue weighted by molar-refractivity contribution is 5.77. The number of carbonyl (C=O) groups excluding carboxylic acids is 1. The fourth-order valence-electron chi connectivity index (χ4n) is 2.23. The predicted octanol–water partition coefficient (Wildman–Crippen LogP) is 2.16. The molecule has 1 aromatic rings. The van der Waals surface area contributed by atoms with E-state index < -0.39 is 10.7 Å². The third kappa shape index (κ3) is 3.43.